The fourth-order valence-corrected chi connectivity index (χ4v) is 3.58. The van der Waals surface area contributed by atoms with Crippen molar-refractivity contribution < 1.29 is 9.47 Å². The van der Waals surface area contributed by atoms with Crippen LogP contribution in [0.15, 0.2) is 42.5 Å². The second-order valence-electron chi connectivity index (χ2n) is 6.67. The van der Waals surface area contributed by atoms with Gasteiger partial charge in [-0.2, -0.15) is 0 Å². The van der Waals surface area contributed by atoms with Gasteiger partial charge in [-0.25, -0.2) is 0 Å². The molecule has 0 amide bonds. The van der Waals surface area contributed by atoms with Crippen molar-refractivity contribution in [1.82, 2.24) is 5.32 Å². The van der Waals surface area contributed by atoms with Gasteiger partial charge in [0.25, 0.3) is 0 Å². The molecule has 27 heavy (non-hydrogen) atoms. The van der Waals surface area contributed by atoms with Crippen molar-refractivity contribution in [2.75, 3.05) is 37.5 Å². The molecular formula is C21H27N3O2S. The van der Waals surface area contributed by atoms with Crippen molar-refractivity contribution in [2.45, 2.75) is 25.8 Å². The summed E-state index contributed by atoms with van der Waals surface area (Å²) in [4.78, 5) is 2.43. The Morgan fingerprint density at radius 1 is 1.04 bits per heavy atom. The van der Waals surface area contributed by atoms with E-state index in [1.165, 1.54) is 24.1 Å². The molecule has 0 radical (unpaired) electrons. The van der Waals surface area contributed by atoms with E-state index in [-0.39, 0.29) is 6.04 Å². The Morgan fingerprint density at radius 2 is 1.74 bits per heavy atom. The Bertz CT molecular complexity index is 773. The number of ether oxygens (including phenoxy) is 2. The van der Waals surface area contributed by atoms with Crippen LogP contribution in [-0.2, 0) is 0 Å². The van der Waals surface area contributed by atoms with E-state index in [0.29, 0.717) is 10.9 Å². The molecule has 1 aliphatic heterocycles. The Morgan fingerprint density at radius 3 is 2.37 bits per heavy atom. The van der Waals surface area contributed by atoms with Gasteiger partial charge in [0.1, 0.15) is 11.5 Å². The van der Waals surface area contributed by atoms with Gasteiger partial charge in [-0.3, -0.25) is 0 Å². The highest BCUT2D eigenvalue weighted by Gasteiger charge is 2.14. The Balaban J connectivity index is 1.60. The number of anilines is 2. The molecule has 3 rings (SSSR count). The highest BCUT2D eigenvalue weighted by Crippen LogP contribution is 2.29. The first kappa shape index (κ1) is 19.3. The van der Waals surface area contributed by atoms with Crippen molar-refractivity contribution in [1.29, 1.82) is 0 Å². The van der Waals surface area contributed by atoms with Crippen molar-refractivity contribution in [3.63, 3.8) is 0 Å². The molecule has 2 aromatic rings. The number of nitrogens with zero attached hydrogens (tertiary/aromatic N) is 1. The van der Waals surface area contributed by atoms with E-state index in [4.69, 9.17) is 21.7 Å². The van der Waals surface area contributed by atoms with Crippen molar-refractivity contribution in [3.05, 3.63) is 48.0 Å². The molecule has 0 saturated carbocycles. The first-order valence-electron chi connectivity index (χ1n) is 9.25. The molecular weight excluding hydrogens is 358 g/mol. The second kappa shape index (κ2) is 8.95. The topological polar surface area (TPSA) is 45.8 Å². The van der Waals surface area contributed by atoms with Crippen LogP contribution in [0.25, 0.3) is 0 Å². The van der Waals surface area contributed by atoms with Crippen LogP contribution in [0.3, 0.4) is 0 Å². The normalized spacial score (nSPS) is 14.6. The van der Waals surface area contributed by atoms with Gasteiger partial charge in [-0.1, -0.05) is 12.1 Å². The predicted molar refractivity (Wildman–Crippen MR) is 115 cm³/mol. The van der Waals surface area contributed by atoms with Crippen LogP contribution in [0, 0.1) is 0 Å². The largest absolute Gasteiger partial charge is 0.497 e. The van der Waals surface area contributed by atoms with Gasteiger partial charge in [0.2, 0.25) is 0 Å². The lowest BCUT2D eigenvalue weighted by Gasteiger charge is -2.21. The highest BCUT2D eigenvalue weighted by molar-refractivity contribution is 7.80. The molecule has 0 aliphatic carbocycles. The summed E-state index contributed by atoms with van der Waals surface area (Å²) < 4.78 is 10.6. The molecule has 2 N–H and O–H groups in total. The number of methoxy groups -OCH3 is 2. The summed E-state index contributed by atoms with van der Waals surface area (Å²) in [5.41, 5.74) is 3.29. The van der Waals surface area contributed by atoms with Gasteiger partial charge in [-0.15, -0.1) is 0 Å². The summed E-state index contributed by atoms with van der Waals surface area (Å²) in [6.45, 7) is 4.42. The maximum Gasteiger partial charge on any atom is 0.171 e. The van der Waals surface area contributed by atoms with Gasteiger partial charge in [0.05, 0.1) is 25.9 Å². The van der Waals surface area contributed by atoms with Crippen LogP contribution in [0.5, 0.6) is 11.5 Å². The zero-order valence-corrected chi connectivity index (χ0v) is 16.9. The van der Waals surface area contributed by atoms with Crippen molar-refractivity contribution in [3.8, 4) is 11.5 Å². The molecule has 144 valence electrons. The molecule has 0 bridgehead atoms. The molecule has 5 nitrogen and oxygen atoms in total. The van der Waals surface area contributed by atoms with Crippen LogP contribution in [0.4, 0.5) is 11.4 Å². The minimum Gasteiger partial charge on any atom is -0.497 e. The third kappa shape index (κ3) is 4.83. The number of nitrogens with one attached hydrogen (secondary N) is 2. The second-order valence-corrected chi connectivity index (χ2v) is 7.08. The monoisotopic (exact) mass is 385 g/mol. The lowest BCUT2D eigenvalue weighted by molar-refractivity contribution is 0.395. The van der Waals surface area contributed by atoms with Crippen LogP contribution < -0.4 is 25.0 Å². The fourth-order valence-electron chi connectivity index (χ4n) is 3.29. The fraction of sp³-hybridized carbons (Fsp3) is 0.381. The number of hydrogen-bond donors (Lipinski definition) is 2. The Hall–Kier alpha value is -2.47. The predicted octanol–water partition coefficient (Wildman–Crippen LogP) is 4.35. The third-order valence-corrected chi connectivity index (χ3v) is 5.09. The van der Waals surface area contributed by atoms with Crippen molar-refractivity contribution >= 4 is 28.7 Å². The molecule has 1 aliphatic rings. The van der Waals surface area contributed by atoms with E-state index >= 15 is 0 Å². The van der Waals surface area contributed by atoms with E-state index in [9.17, 15) is 0 Å². The SMILES string of the molecule is COc1ccc(NC(=S)N[C@H](C)c2ccc(N3CCCC3)cc2)c(OC)c1. The van der Waals surface area contributed by atoms with E-state index < -0.39 is 0 Å². The standard InChI is InChI=1S/C21H27N3O2S/c1-15(16-6-8-17(9-7-16)24-12-4-5-13-24)22-21(27)23-19-11-10-18(25-2)14-20(19)26-3/h6-11,14-15H,4-5,12-13H2,1-3H3,(H2,22,23,27)/t15-/m1/s1. The maximum absolute atomic E-state index is 5.48. The first-order chi connectivity index (χ1) is 13.1. The number of benzene rings is 2. The lowest BCUT2D eigenvalue weighted by Crippen LogP contribution is -2.31. The zero-order valence-electron chi connectivity index (χ0n) is 16.1. The van der Waals surface area contributed by atoms with E-state index in [2.05, 4.69) is 46.7 Å². The minimum absolute atomic E-state index is 0.0990. The molecule has 1 saturated heterocycles. The lowest BCUT2D eigenvalue weighted by atomic mass is 10.1. The summed E-state index contributed by atoms with van der Waals surface area (Å²) in [5.74, 6) is 1.42. The van der Waals surface area contributed by atoms with Crippen LogP contribution in [0.2, 0.25) is 0 Å². The first-order valence-corrected chi connectivity index (χ1v) is 9.66. The molecule has 0 aromatic heterocycles. The molecule has 1 atom stereocenters. The molecule has 1 heterocycles. The summed E-state index contributed by atoms with van der Waals surface area (Å²) in [7, 11) is 3.26. The van der Waals surface area contributed by atoms with Crippen molar-refractivity contribution in [2.24, 2.45) is 0 Å². The van der Waals surface area contributed by atoms with E-state index in [1.807, 2.05) is 18.2 Å². The van der Waals surface area contributed by atoms with Gasteiger partial charge >= 0.3 is 0 Å². The molecule has 1 fully saturated rings. The summed E-state index contributed by atoms with van der Waals surface area (Å²) >= 11 is 5.48. The maximum atomic E-state index is 5.48. The number of rotatable bonds is 6. The number of hydrogen-bond acceptors (Lipinski definition) is 4. The highest BCUT2D eigenvalue weighted by atomic mass is 32.1. The molecule has 6 heteroatoms. The van der Waals surface area contributed by atoms with E-state index in [1.54, 1.807) is 14.2 Å². The van der Waals surface area contributed by atoms with Gasteiger partial charge in [-0.05, 0) is 61.8 Å². The molecule has 2 aromatic carbocycles. The van der Waals surface area contributed by atoms with Gasteiger partial charge in [0, 0.05) is 24.8 Å². The summed E-state index contributed by atoms with van der Waals surface area (Å²) in [6.07, 6.45) is 2.57. The summed E-state index contributed by atoms with van der Waals surface area (Å²) in [5, 5.41) is 7.09. The van der Waals surface area contributed by atoms with Crippen LogP contribution >= 0.6 is 12.2 Å². The molecule has 0 spiro atoms. The van der Waals surface area contributed by atoms with E-state index in [0.717, 1.165) is 24.5 Å². The third-order valence-electron chi connectivity index (χ3n) is 4.87. The smallest absolute Gasteiger partial charge is 0.171 e. The minimum atomic E-state index is 0.0990. The quantitative estimate of drug-likeness (QED) is 0.721. The Kier molecular flexibility index (Phi) is 6.40. The zero-order chi connectivity index (χ0) is 19.2. The number of thiocarbonyl (C=S) groups is 1. The molecule has 0 unspecified atom stereocenters. The van der Waals surface area contributed by atoms with Gasteiger partial charge < -0.3 is 25.0 Å². The van der Waals surface area contributed by atoms with Crippen LogP contribution in [0.1, 0.15) is 31.4 Å². The average molecular weight is 386 g/mol. The summed E-state index contributed by atoms with van der Waals surface area (Å²) in [6, 6.07) is 14.4. The van der Waals surface area contributed by atoms with Crippen LogP contribution in [-0.4, -0.2) is 32.4 Å². The average Bonchev–Trinajstić information content (AvgIpc) is 3.23. The van der Waals surface area contributed by atoms with Gasteiger partial charge in [0.15, 0.2) is 5.11 Å². The Labute approximate surface area is 166 Å².